The Morgan fingerprint density at radius 1 is 0.778 bits per heavy atom. The van der Waals surface area contributed by atoms with Gasteiger partial charge < -0.3 is 9.47 Å². The fourth-order valence-electron chi connectivity index (χ4n) is 3.26. The SMILES string of the molecule is CO[C@@H]1c2ccccc2[C@@H](OC)C2C=CC=CC21. The van der Waals surface area contributed by atoms with E-state index in [1.165, 1.54) is 11.1 Å². The van der Waals surface area contributed by atoms with Crippen molar-refractivity contribution in [2.75, 3.05) is 14.2 Å². The molecule has 0 amide bonds. The van der Waals surface area contributed by atoms with Gasteiger partial charge in [-0.2, -0.15) is 0 Å². The molecule has 0 radical (unpaired) electrons. The topological polar surface area (TPSA) is 18.5 Å². The Kier molecular flexibility index (Phi) is 3.06. The van der Waals surface area contributed by atoms with Gasteiger partial charge in [0.25, 0.3) is 0 Å². The van der Waals surface area contributed by atoms with Gasteiger partial charge in [-0.1, -0.05) is 48.6 Å². The number of allylic oxidation sites excluding steroid dienone is 2. The zero-order valence-corrected chi connectivity index (χ0v) is 10.7. The molecule has 2 nitrogen and oxygen atoms in total. The molecule has 0 aliphatic heterocycles. The van der Waals surface area contributed by atoms with Crippen molar-refractivity contribution in [2.24, 2.45) is 11.8 Å². The number of methoxy groups -OCH3 is 2. The second-order valence-corrected chi connectivity index (χ2v) is 4.87. The van der Waals surface area contributed by atoms with Crippen LogP contribution in [0.5, 0.6) is 0 Å². The Morgan fingerprint density at radius 3 is 1.61 bits per heavy atom. The number of fused-ring (bicyclic) bond motifs is 2. The van der Waals surface area contributed by atoms with E-state index in [0.29, 0.717) is 11.8 Å². The second-order valence-electron chi connectivity index (χ2n) is 4.87. The average Bonchev–Trinajstić information content (AvgIpc) is 2.44. The Labute approximate surface area is 108 Å². The lowest BCUT2D eigenvalue weighted by Crippen LogP contribution is -2.33. The fraction of sp³-hybridized carbons (Fsp3) is 0.375. The minimum atomic E-state index is 0.124. The summed E-state index contributed by atoms with van der Waals surface area (Å²) in [4.78, 5) is 0. The molecule has 2 aliphatic rings. The van der Waals surface area contributed by atoms with Crippen LogP contribution in [-0.2, 0) is 9.47 Å². The van der Waals surface area contributed by atoms with E-state index in [1.807, 2.05) is 0 Å². The first kappa shape index (κ1) is 11.7. The Balaban J connectivity index is 2.13. The van der Waals surface area contributed by atoms with E-state index in [-0.39, 0.29) is 12.2 Å². The smallest absolute Gasteiger partial charge is 0.0894 e. The first-order chi connectivity index (χ1) is 8.86. The van der Waals surface area contributed by atoms with Crippen molar-refractivity contribution in [3.63, 3.8) is 0 Å². The zero-order valence-electron chi connectivity index (χ0n) is 10.7. The maximum atomic E-state index is 5.74. The minimum Gasteiger partial charge on any atom is -0.376 e. The number of hydrogen-bond acceptors (Lipinski definition) is 2. The molecule has 94 valence electrons. The van der Waals surface area contributed by atoms with Crippen LogP contribution in [0.1, 0.15) is 23.3 Å². The van der Waals surface area contributed by atoms with Gasteiger partial charge in [0.2, 0.25) is 0 Å². The summed E-state index contributed by atoms with van der Waals surface area (Å²) in [6.45, 7) is 0. The summed E-state index contributed by atoms with van der Waals surface area (Å²) in [6.07, 6.45) is 8.93. The molecule has 0 saturated carbocycles. The molecule has 0 spiro atoms. The Bertz CT molecular complexity index is 445. The third kappa shape index (κ3) is 1.64. The van der Waals surface area contributed by atoms with Crippen LogP contribution in [0.4, 0.5) is 0 Å². The van der Waals surface area contributed by atoms with E-state index in [4.69, 9.17) is 9.47 Å². The van der Waals surface area contributed by atoms with Crippen molar-refractivity contribution in [3.8, 4) is 0 Å². The molecule has 0 heterocycles. The van der Waals surface area contributed by atoms with Crippen LogP contribution in [0.25, 0.3) is 0 Å². The highest BCUT2D eigenvalue weighted by molar-refractivity contribution is 5.38. The van der Waals surface area contributed by atoms with Gasteiger partial charge >= 0.3 is 0 Å². The van der Waals surface area contributed by atoms with Crippen molar-refractivity contribution >= 4 is 0 Å². The zero-order chi connectivity index (χ0) is 12.5. The first-order valence-electron chi connectivity index (χ1n) is 6.36. The molecular weight excluding hydrogens is 224 g/mol. The third-order valence-electron chi connectivity index (χ3n) is 4.04. The number of rotatable bonds is 2. The third-order valence-corrected chi connectivity index (χ3v) is 4.04. The molecule has 2 unspecified atom stereocenters. The van der Waals surface area contributed by atoms with Crippen molar-refractivity contribution < 1.29 is 9.47 Å². The quantitative estimate of drug-likeness (QED) is 0.791. The average molecular weight is 242 g/mol. The van der Waals surface area contributed by atoms with Crippen molar-refractivity contribution in [3.05, 3.63) is 59.7 Å². The van der Waals surface area contributed by atoms with E-state index in [0.717, 1.165) is 0 Å². The number of ether oxygens (including phenoxy) is 2. The Morgan fingerprint density at radius 2 is 1.22 bits per heavy atom. The van der Waals surface area contributed by atoms with Gasteiger partial charge in [0.05, 0.1) is 12.2 Å². The Hall–Kier alpha value is -1.38. The van der Waals surface area contributed by atoms with E-state index >= 15 is 0 Å². The molecule has 3 rings (SSSR count). The monoisotopic (exact) mass is 242 g/mol. The fourth-order valence-corrected chi connectivity index (χ4v) is 3.26. The van der Waals surface area contributed by atoms with Gasteiger partial charge in [-0.25, -0.2) is 0 Å². The molecular formula is C16H18O2. The molecule has 0 N–H and O–H groups in total. The lowest BCUT2D eigenvalue weighted by atomic mass is 9.70. The van der Waals surface area contributed by atoms with Crippen LogP contribution < -0.4 is 0 Å². The predicted molar refractivity (Wildman–Crippen MR) is 71.2 cm³/mol. The molecule has 2 aliphatic carbocycles. The molecule has 0 fully saturated rings. The summed E-state index contributed by atoms with van der Waals surface area (Å²) < 4.78 is 11.5. The van der Waals surface area contributed by atoms with Gasteiger partial charge in [-0.05, 0) is 11.1 Å². The summed E-state index contributed by atoms with van der Waals surface area (Å²) in [5.74, 6) is 0.722. The highest BCUT2D eigenvalue weighted by Gasteiger charge is 2.41. The van der Waals surface area contributed by atoms with E-state index in [2.05, 4.69) is 48.6 Å². The van der Waals surface area contributed by atoms with Gasteiger partial charge in [0.15, 0.2) is 0 Å². The van der Waals surface area contributed by atoms with E-state index < -0.39 is 0 Å². The van der Waals surface area contributed by atoms with Crippen LogP contribution in [0.15, 0.2) is 48.6 Å². The molecule has 2 heteroatoms. The molecule has 1 aromatic carbocycles. The molecule has 4 atom stereocenters. The van der Waals surface area contributed by atoms with Crippen LogP contribution >= 0.6 is 0 Å². The molecule has 18 heavy (non-hydrogen) atoms. The van der Waals surface area contributed by atoms with E-state index in [9.17, 15) is 0 Å². The standard InChI is InChI=1S/C16H18O2/c1-17-15-11-7-3-5-9-13(11)16(18-2)14-10-6-4-8-12(14)15/h3-11,13,15-16H,1-2H3/t11?,13?,15-,16-/m0/s1. The van der Waals surface area contributed by atoms with Gasteiger partial charge in [0, 0.05) is 26.1 Å². The largest absolute Gasteiger partial charge is 0.376 e. The molecule has 0 bridgehead atoms. The summed E-state index contributed by atoms with van der Waals surface area (Å²) in [6, 6.07) is 8.44. The summed E-state index contributed by atoms with van der Waals surface area (Å²) in [5, 5.41) is 0. The highest BCUT2D eigenvalue weighted by atomic mass is 16.5. The first-order valence-corrected chi connectivity index (χ1v) is 6.36. The van der Waals surface area contributed by atoms with Crippen molar-refractivity contribution in [2.45, 2.75) is 12.2 Å². The highest BCUT2D eigenvalue weighted by Crippen LogP contribution is 2.49. The maximum absolute atomic E-state index is 5.74. The molecule has 0 saturated heterocycles. The normalized spacial score (nSPS) is 33.0. The van der Waals surface area contributed by atoms with Crippen LogP contribution in [-0.4, -0.2) is 14.2 Å². The van der Waals surface area contributed by atoms with Crippen LogP contribution in [0.2, 0.25) is 0 Å². The molecule has 1 aromatic rings. The lowest BCUT2D eigenvalue weighted by Gasteiger charge is -2.41. The van der Waals surface area contributed by atoms with Crippen LogP contribution in [0, 0.1) is 11.8 Å². The lowest BCUT2D eigenvalue weighted by molar-refractivity contribution is -0.0212. The van der Waals surface area contributed by atoms with Gasteiger partial charge in [0.1, 0.15) is 0 Å². The summed E-state index contributed by atoms with van der Waals surface area (Å²) in [5.41, 5.74) is 2.51. The minimum absolute atomic E-state index is 0.124. The van der Waals surface area contributed by atoms with Crippen molar-refractivity contribution in [1.29, 1.82) is 0 Å². The van der Waals surface area contributed by atoms with E-state index in [1.54, 1.807) is 14.2 Å². The molecule has 0 aromatic heterocycles. The van der Waals surface area contributed by atoms with Gasteiger partial charge in [-0.15, -0.1) is 0 Å². The maximum Gasteiger partial charge on any atom is 0.0894 e. The number of benzene rings is 1. The number of hydrogen-bond donors (Lipinski definition) is 0. The van der Waals surface area contributed by atoms with Gasteiger partial charge in [-0.3, -0.25) is 0 Å². The summed E-state index contributed by atoms with van der Waals surface area (Å²) in [7, 11) is 3.58. The van der Waals surface area contributed by atoms with Crippen LogP contribution in [0.3, 0.4) is 0 Å². The second kappa shape index (κ2) is 4.71. The summed E-state index contributed by atoms with van der Waals surface area (Å²) >= 11 is 0. The predicted octanol–water partition coefficient (Wildman–Crippen LogP) is 3.43. The van der Waals surface area contributed by atoms with Crippen molar-refractivity contribution in [1.82, 2.24) is 0 Å².